The van der Waals surface area contributed by atoms with Crippen LogP contribution < -0.4 is 0 Å². The smallest absolute Gasteiger partial charge is 0.151 e. The maximum Gasteiger partial charge on any atom is 0.151 e. The second-order valence-electron chi connectivity index (χ2n) is 3.23. The summed E-state index contributed by atoms with van der Waals surface area (Å²) in [6, 6.07) is 11.2. The number of aromatic nitrogens is 2. The van der Waals surface area contributed by atoms with Crippen LogP contribution in [-0.4, -0.2) is 22.4 Å². The molecule has 0 bridgehead atoms. The maximum absolute atomic E-state index is 4.19. The molecule has 0 saturated heterocycles. The van der Waals surface area contributed by atoms with Crippen molar-refractivity contribution in [2.75, 3.05) is 0 Å². The molecule has 0 N–H and O–H groups in total. The van der Waals surface area contributed by atoms with Crippen molar-refractivity contribution in [2.24, 2.45) is 9.98 Å². The van der Waals surface area contributed by atoms with E-state index in [1.807, 2.05) is 36.4 Å². The third-order valence-corrected chi connectivity index (χ3v) is 1.96. The first kappa shape index (κ1) is 11.1. The normalized spacial score (nSPS) is 11.3. The Morgan fingerprint density at radius 3 is 1.76 bits per heavy atom. The predicted molar refractivity (Wildman–Crippen MR) is 69.4 cm³/mol. The molecule has 0 aliphatic heterocycles. The summed E-state index contributed by atoms with van der Waals surface area (Å²) < 4.78 is 0. The second-order valence-corrected chi connectivity index (χ2v) is 3.23. The Morgan fingerprint density at radius 1 is 0.824 bits per heavy atom. The van der Waals surface area contributed by atoms with Gasteiger partial charge < -0.3 is 0 Å². The fourth-order valence-corrected chi connectivity index (χ4v) is 1.20. The molecule has 0 aromatic carbocycles. The molecular weight excluding hydrogens is 212 g/mol. The SMILES string of the molecule is C(CC=Nc1ccccn1)=Nc1ccccn1. The molecule has 2 aromatic heterocycles. The first-order chi connectivity index (χ1) is 8.45. The zero-order valence-corrected chi connectivity index (χ0v) is 9.27. The van der Waals surface area contributed by atoms with E-state index in [9.17, 15) is 0 Å². The average Bonchev–Trinajstić information content (AvgIpc) is 2.41. The van der Waals surface area contributed by atoms with Gasteiger partial charge in [0, 0.05) is 31.2 Å². The van der Waals surface area contributed by atoms with Crippen molar-refractivity contribution in [1.29, 1.82) is 0 Å². The van der Waals surface area contributed by atoms with Crippen molar-refractivity contribution in [3.05, 3.63) is 48.8 Å². The van der Waals surface area contributed by atoms with Crippen LogP contribution in [-0.2, 0) is 0 Å². The number of pyridine rings is 2. The lowest BCUT2D eigenvalue weighted by atomic mass is 10.4. The molecule has 0 aliphatic carbocycles. The summed E-state index contributed by atoms with van der Waals surface area (Å²) >= 11 is 0. The van der Waals surface area contributed by atoms with E-state index in [1.54, 1.807) is 24.8 Å². The van der Waals surface area contributed by atoms with Gasteiger partial charge in [0.05, 0.1) is 0 Å². The highest BCUT2D eigenvalue weighted by molar-refractivity contribution is 5.81. The average molecular weight is 224 g/mol. The van der Waals surface area contributed by atoms with Gasteiger partial charge in [0.15, 0.2) is 11.6 Å². The standard InChI is InChI=1S/C13H12N4/c1-3-8-14-12(6-1)16-10-5-11-17-13-7-2-4-9-15-13/h1-4,6-11H,5H2. The van der Waals surface area contributed by atoms with E-state index >= 15 is 0 Å². The van der Waals surface area contributed by atoms with Gasteiger partial charge in [0.1, 0.15) is 0 Å². The monoisotopic (exact) mass is 224 g/mol. The van der Waals surface area contributed by atoms with Gasteiger partial charge in [-0.1, -0.05) is 12.1 Å². The van der Waals surface area contributed by atoms with Crippen LogP contribution in [0.1, 0.15) is 6.42 Å². The number of hydrogen-bond acceptors (Lipinski definition) is 4. The van der Waals surface area contributed by atoms with Crippen molar-refractivity contribution in [3.8, 4) is 0 Å². The van der Waals surface area contributed by atoms with Gasteiger partial charge in [-0.25, -0.2) is 20.0 Å². The Morgan fingerprint density at radius 2 is 1.35 bits per heavy atom. The molecule has 2 aromatic rings. The molecule has 0 fully saturated rings. The van der Waals surface area contributed by atoms with Crippen LogP contribution in [0.25, 0.3) is 0 Å². The van der Waals surface area contributed by atoms with E-state index in [2.05, 4.69) is 20.0 Å². The minimum absolute atomic E-state index is 0.660. The quantitative estimate of drug-likeness (QED) is 0.749. The zero-order valence-electron chi connectivity index (χ0n) is 9.27. The van der Waals surface area contributed by atoms with E-state index in [1.165, 1.54) is 0 Å². The van der Waals surface area contributed by atoms with Crippen LogP contribution in [0.5, 0.6) is 0 Å². The molecule has 0 radical (unpaired) electrons. The molecule has 2 heterocycles. The lowest BCUT2D eigenvalue weighted by Crippen LogP contribution is -1.79. The van der Waals surface area contributed by atoms with Gasteiger partial charge in [-0.2, -0.15) is 0 Å². The van der Waals surface area contributed by atoms with Crippen LogP contribution in [0, 0.1) is 0 Å². The van der Waals surface area contributed by atoms with Gasteiger partial charge >= 0.3 is 0 Å². The summed E-state index contributed by atoms with van der Waals surface area (Å²) in [5.41, 5.74) is 0. The van der Waals surface area contributed by atoms with Gasteiger partial charge in [-0.15, -0.1) is 0 Å². The Labute approximate surface area is 99.8 Å². The second kappa shape index (κ2) is 6.27. The van der Waals surface area contributed by atoms with Crippen molar-refractivity contribution in [2.45, 2.75) is 6.42 Å². The van der Waals surface area contributed by atoms with Crippen molar-refractivity contribution in [1.82, 2.24) is 9.97 Å². The van der Waals surface area contributed by atoms with Gasteiger partial charge in [0.25, 0.3) is 0 Å². The van der Waals surface area contributed by atoms with Crippen molar-refractivity contribution in [3.63, 3.8) is 0 Å². The predicted octanol–water partition coefficient (Wildman–Crippen LogP) is 2.97. The van der Waals surface area contributed by atoms with Gasteiger partial charge in [-0.05, 0) is 24.3 Å². The molecule has 0 aliphatic rings. The molecule has 0 atom stereocenters. The molecule has 2 rings (SSSR count). The summed E-state index contributed by atoms with van der Waals surface area (Å²) in [5.74, 6) is 1.41. The third kappa shape index (κ3) is 3.95. The number of aliphatic imine (C=N–C) groups is 2. The summed E-state index contributed by atoms with van der Waals surface area (Å²) in [6.07, 6.45) is 7.64. The number of hydrogen-bond donors (Lipinski definition) is 0. The largest absolute Gasteiger partial charge is 0.241 e. The van der Waals surface area contributed by atoms with Gasteiger partial charge in [-0.3, -0.25) is 0 Å². The van der Waals surface area contributed by atoms with Crippen LogP contribution >= 0.6 is 0 Å². The van der Waals surface area contributed by atoms with Crippen LogP contribution in [0.2, 0.25) is 0 Å². The summed E-state index contributed by atoms with van der Waals surface area (Å²) in [7, 11) is 0. The summed E-state index contributed by atoms with van der Waals surface area (Å²) in [5, 5.41) is 0. The van der Waals surface area contributed by atoms with Crippen LogP contribution in [0.4, 0.5) is 11.6 Å². The van der Waals surface area contributed by atoms with Crippen LogP contribution in [0.3, 0.4) is 0 Å². The van der Waals surface area contributed by atoms with Gasteiger partial charge in [0.2, 0.25) is 0 Å². The summed E-state index contributed by atoms with van der Waals surface area (Å²) in [4.78, 5) is 16.5. The first-order valence-corrected chi connectivity index (χ1v) is 5.32. The molecule has 0 spiro atoms. The number of nitrogens with zero attached hydrogens (tertiary/aromatic N) is 4. The molecule has 84 valence electrons. The molecule has 17 heavy (non-hydrogen) atoms. The van der Waals surface area contributed by atoms with E-state index in [-0.39, 0.29) is 0 Å². The Balaban J connectivity index is 1.84. The van der Waals surface area contributed by atoms with E-state index in [0.29, 0.717) is 18.1 Å². The lowest BCUT2D eigenvalue weighted by molar-refractivity contribution is 1.27. The maximum atomic E-state index is 4.19. The molecular formula is C13H12N4. The minimum atomic E-state index is 0.660. The van der Waals surface area contributed by atoms with E-state index in [0.717, 1.165) is 0 Å². The first-order valence-electron chi connectivity index (χ1n) is 5.32. The lowest BCUT2D eigenvalue weighted by Gasteiger charge is -1.90. The highest BCUT2D eigenvalue weighted by atomic mass is 14.9. The van der Waals surface area contributed by atoms with E-state index < -0.39 is 0 Å². The topological polar surface area (TPSA) is 50.5 Å². The molecule has 0 amide bonds. The Bertz CT molecular complexity index is 444. The van der Waals surface area contributed by atoms with Crippen molar-refractivity contribution >= 4 is 24.1 Å². The number of rotatable bonds is 4. The fourth-order valence-electron chi connectivity index (χ4n) is 1.20. The molecule has 4 nitrogen and oxygen atoms in total. The van der Waals surface area contributed by atoms with E-state index in [4.69, 9.17) is 0 Å². The minimum Gasteiger partial charge on any atom is -0.241 e. The molecule has 0 saturated carbocycles. The highest BCUT2D eigenvalue weighted by Crippen LogP contribution is 2.05. The van der Waals surface area contributed by atoms with Crippen molar-refractivity contribution < 1.29 is 0 Å². The molecule has 4 heteroatoms. The fraction of sp³-hybridized carbons (Fsp3) is 0.0769. The van der Waals surface area contributed by atoms with Crippen LogP contribution in [0.15, 0.2) is 58.8 Å². The Kier molecular flexibility index (Phi) is 4.11. The Hall–Kier alpha value is -2.36. The highest BCUT2D eigenvalue weighted by Gasteiger charge is 1.85. The summed E-state index contributed by atoms with van der Waals surface area (Å²) in [6.45, 7) is 0. The molecule has 0 unspecified atom stereocenters. The zero-order chi connectivity index (χ0) is 11.8. The third-order valence-electron chi connectivity index (χ3n) is 1.96.